The maximum atomic E-state index is 11.8. The third-order valence-corrected chi connectivity index (χ3v) is 3.20. The first kappa shape index (κ1) is 11.8. The Balaban J connectivity index is 2.38. The summed E-state index contributed by atoms with van der Waals surface area (Å²) in [5.41, 5.74) is 2.61. The van der Waals surface area contributed by atoms with Gasteiger partial charge in [0.25, 0.3) is 5.91 Å². The molecule has 0 atom stereocenters. The topological polar surface area (TPSA) is 33.2 Å². The highest BCUT2D eigenvalue weighted by Gasteiger charge is 2.09. The molecule has 0 saturated carbocycles. The summed E-state index contributed by atoms with van der Waals surface area (Å²) >= 11 is 1.61. The maximum absolute atomic E-state index is 11.8. The smallest absolute Gasteiger partial charge is 0.253 e. The standard InChI is InChI=1S/C13H14N2OS/c1-9-14-12(8-17-9)10-5-4-6-11(7-10)13(16)15(2)3/h4-8H,1-3H3. The van der Waals surface area contributed by atoms with Crippen LogP contribution in [0.25, 0.3) is 11.3 Å². The molecule has 0 aliphatic carbocycles. The minimum atomic E-state index is 0.0128. The molecule has 1 amide bonds. The van der Waals surface area contributed by atoms with Crippen molar-refractivity contribution in [2.75, 3.05) is 14.1 Å². The summed E-state index contributed by atoms with van der Waals surface area (Å²) in [6.07, 6.45) is 0. The SMILES string of the molecule is Cc1nc(-c2cccc(C(=O)N(C)C)c2)cs1. The molecule has 0 saturated heterocycles. The number of carbonyl (C=O) groups excluding carboxylic acids is 1. The van der Waals surface area contributed by atoms with E-state index in [1.54, 1.807) is 30.3 Å². The van der Waals surface area contributed by atoms with Gasteiger partial charge in [0.15, 0.2) is 0 Å². The number of aryl methyl sites for hydroxylation is 1. The van der Waals surface area contributed by atoms with Crippen LogP contribution in [-0.2, 0) is 0 Å². The monoisotopic (exact) mass is 246 g/mol. The van der Waals surface area contributed by atoms with Crippen molar-refractivity contribution in [1.29, 1.82) is 0 Å². The van der Waals surface area contributed by atoms with Crippen LogP contribution >= 0.6 is 11.3 Å². The molecule has 2 rings (SSSR count). The van der Waals surface area contributed by atoms with Gasteiger partial charge in [0.2, 0.25) is 0 Å². The lowest BCUT2D eigenvalue weighted by Gasteiger charge is -2.10. The Bertz CT molecular complexity index is 546. The van der Waals surface area contributed by atoms with Crippen molar-refractivity contribution >= 4 is 17.2 Å². The fourth-order valence-corrected chi connectivity index (χ4v) is 2.19. The van der Waals surface area contributed by atoms with E-state index in [0.717, 1.165) is 16.3 Å². The van der Waals surface area contributed by atoms with Crippen molar-refractivity contribution in [2.45, 2.75) is 6.92 Å². The van der Waals surface area contributed by atoms with Gasteiger partial charge in [-0.25, -0.2) is 4.98 Å². The summed E-state index contributed by atoms with van der Waals surface area (Å²) < 4.78 is 0. The first-order chi connectivity index (χ1) is 8.08. The summed E-state index contributed by atoms with van der Waals surface area (Å²) in [7, 11) is 3.50. The van der Waals surface area contributed by atoms with Crippen LogP contribution in [0.1, 0.15) is 15.4 Å². The lowest BCUT2D eigenvalue weighted by molar-refractivity contribution is 0.0827. The number of aromatic nitrogens is 1. The van der Waals surface area contributed by atoms with Crippen LogP contribution in [0, 0.1) is 6.92 Å². The molecule has 3 nitrogen and oxygen atoms in total. The highest BCUT2D eigenvalue weighted by molar-refractivity contribution is 7.09. The van der Waals surface area contributed by atoms with Gasteiger partial charge in [-0.1, -0.05) is 12.1 Å². The first-order valence-corrected chi connectivity index (χ1v) is 6.20. The van der Waals surface area contributed by atoms with Gasteiger partial charge in [-0.05, 0) is 19.1 Å². The van der Waals surface area contributed by atoms with E-state index < -0.39 is 0 Å². The lowest BCUT2D eigenvalue weighted by Crippen LogP contribution is -2.21. The molecule has 0 radical (unpaired) electrons. The molecule has 1 aromatic carbocycles. The van der Waals surface area contributed by atoms with Gasteiger partial charge in [0.1, 0.15) is 0 Å². The molecule has 17 heavy (non-hydrogen) atoms. The van der Waals surface area contributed by atoms with Gasteiger partial charge < -0.3 is 4.90 Å². The molecular formula is C13H14N2OS. The molecule has 4 heteroatoms. The highest BCUT2D eigenvalue weighted by Crippen LogP contribution is 2.22. The van der Waals surface area contributed by atoms with E-state index in [0.29, 0.717) is 5.56 Å². The fraction of sp³-hybridized carbons (Fsp3) is 0.231. The van der Waals surface area contributed by atoms with Gasteiger partial charge >= 0.3 is 0 Å². The molecule has 0 aliphatic heterocycles. The van der Waals surface area contributed by atoms with Gasteiger partial charge in [-0.3, -0.25) is 4.79 Å². The third kappa shape index (κ3) is 2.53. The van der Waals surface area contributed by atoms with Crippen LogP contribution in [0.4, 0.5) is 0 Å². The van der Waals surface area contributed by atoms with Crippen LogP contribution in [-0.4, -0.2) is 29.9 Å². The summed E-state index contributed by atoms with van der Waals surface area (Å²) in [6, 6.07) is 7.57. The van der Waals surface area contributed by atoms with Crippen molar-refractivity contribution in [1.82, 2.24) is 9.88 Å². The van der Waals surface area contributed by atoms with Gasteiger partial charge in [0, 0.05) is 30.6 Å². The Morgan fingerprint density at radius 1 is 1.35 bits per heavy atom. The number of nitrogens with zero attached hydrogens (tertiary/aromatic N) is 2. The van der Waals surface area contributed by atoms with Gasteiger partial charge in [-0.15, -0.1) is 11.3 Å². The van der Waals surface area contributed by atoms with Crippen molar-refractivity contribution in [3.63, 3.8) is 0 Å². The lowest BCUT2D eigenvalue weighted by atomic mass is 10.1. The van der Waals surface area contributed by atoms with Crippen LogP contribution < -0.4 is 0 Å². The van der Waals surface area contributed by atoms with E-state index in [1.165, 1.54) is 0 Å². The Morgan fingerprint density at radius 3 is 2.71 bits per heavy atom. The molecule has 0 bridgehead atoms. The average Bonchev–Trinajstić information content (AvgIpc) is 2.75. The highest BCUT2D eigenvalue weighted by atomic mass is 32.1. The number of hydrogen-bond acceptors (Lipinski definition) is 3. The Labute approximate surface area is 105 Å². The quantitative estimate of drug-likeness (QED) is 0.816. The van der Waals surface area contributed by atoms with E-state index in [1.807, 2.05) is 36.6 Å². The zero-order valence-electron chi connectivity index (χ0n) is 10.1. The fourth-order valence-electron chi connectivity index (χ4n) is 1.57. The van der Waals surface area contributed by atoms with Crippen molar-refractivity contribution in [3.05, 3.63) is 40.2 Å². The first-order valence-electron chi connectivity index (χ1n) is 5.32. The van der Waals surface area contributed by atoms with Crippen LogP contribution in [0.15, 0.2) is 29.6 Å². The largest absolute Gasteiger partial charge is 0.345 e. The molecule has 0 unspecified atom stereocenters. The maximum Gasteiger partial charge on any atom is 0.253 e. The minimum Gasteiger partial charge on any atom is -0.345 e. The molecule has 88 valence electrons. The van der Waals surface area contributed by atoms with Gasteiger partial charge in [-0.2, -0.15) is 0 Å². The predicted molar refractivity (Wildman–Crippen MR) is 70.3 cm³/mol. The van der Waals surface area contributed by atoms with Gasteiger partial charge in [0.05, 0.1) is 10.7 Å². The second kappa shape index (κ2) is 4.67. The summed E-state index contributed by atoms with van der Waals surface area (Å²) in [6.45, 7) is 1.98. The molecule has 1 heterocycles. The zero-order valence-corrected chi connectivity index (χ0v) is 10.9. The number of carbonyl (C=O) groups is 1. The van der Waals surface area contributed by atoms with E-state index in [4.69, 9.17) is 0 Å². The normalized spacial score (nSPS) is 10.3. The second-order valence-electron chi connectivity index (χ2n) is 4.03. The Kier molecular flexibility index (Phi) is 3.24. The van der Waals surface area contributed by atoms with Crippen LogP contribution in [0.3, 0.4) is 0 Å². The molecule has 1 aromatic heterocycles. The molecule has 0 spiro atoms. The number of benzene rings is 1. The minimum absolute atomic E-state index is 0.0128. The molecule has 0 fully saturated rings. The summed E-state index contributed by atoms with van der Waals surface area (Å²) in [5, 5.41) is 3.04. The zero-order chi connectivity index (χ0) is 12.4. The average molecular weight is 246 g/mol. The van der Waals surface area contributed by atoms with Crippen LogP contribution in [0.2, 0.25) is 0 Å². The van der Waals surface area contributed by atoms with Crippen molar-refractivity contribution in [2.24, 2.45) is 0 Å². The molecule has 0 aliphatic rings. The van der Waals surface area contributed by atoms with Crippen molar-refractivity contribution < 1.29 is 4.79 Å². The second-order valence-corrected chi connectivity index (χ2v) is 5.09. The Morgan fingerprint density at radius 2 is 2.12 bits per heavy atom. The predicted octanol–water partition coefficient (Wildman–Crippen LogP) is 2.82. The Hall–Kier alpha value is -1.68. The third-order valence-electron chi connectivity index (χ3n) is 2.43. The number of thiazole rings is 1. The summed E-state index contributed by atoms with van der Waals surface area (Å²) in [5.74, 6) is 0.0128. The number of amides is 1. The van der Waals surface area contributed by atoms with Crippen molar-refractivity contribution in [3.8, 4) is 11.3 Å². The van der Waals surface area contributed by atoms with E-state index in [9.17, 15) is 4.79 Å². The molecule has 0 N–H and O–H groups in total. The van der Waals surface area contributed by atoms with E-state index >= 15 is 0 Å². The summed E-state index contributed by atoms with van der Waals surface area (Å²) in [4.78, 5) is 17.8. The molecule has 2 aromatic rings. The number of hydrogen-bond donors (Lipinski definition) is 0. The number of rotatable bonds is 2. The van der Waals surface area contributed by atoms with E-state index in [2.05, 4.69) is 4.98 Å². The molecular weight excluding hydrogens is 232 g/mol. The van der Waals surface area contributed by atoms with E-state index in [-0.39, 0.29) is 5.91 Å². The van der Waals surface area contributed by atoms with Crippen LogP contribution in [0.5, 0.6) is 0 Å².